The molecule has 1 N–H and O–H groups in total. The molecule has 1 aliphatic heterocycles. The molecule has 1 atom stereocenters. The first-order chi connectivity index (χ1) is 15.7. The zero-order chi connectivity index (χ0) is 23.9. The van der Waals surface area contributed by atoms with E-state index in [1.807, 2.05) is 76.2 Å². The van der Waals surface area contributed by atoms with E-state index in [0.717, 1.165) is 22.3 Å². The number of carbonyl (C=O) groups excluding carboxylic acids is 2. The zero-order valence-electron chi connectivity index (χ0n) is 19.5. The van der Waals surface area contributed by atoms with E-state index in [1.165, 1.54) is 4.90 Å². The summed E-state index contributed by atoms with van der Waals surface area (Å²) in [6.07, 6.45) is 0. The SMILES string of the molecule is COc1cccc(C2/C(=C(\O)c3cc(C)ccc3C)C(=O)C(=O)N2c2cc(C)ccc2C)c1. The standard InChI is InChI=1S/C28H27NO4/c1-16-9-11-18(3)22(13-16)26(30)24-25(20-7-6-8-21(15-20)33-5)29(28(32)27(24)31)23-14-17(2)10-12-19(23)4/h6-15,25,30H,1-5H3/b26-24+. The fraction of sp³-hybridized carbons (Fsp3) is 0.214. The molecule has 4 rings (SSSR count). The number of aliphatic hydroxyl groups excluding tert-OH is 1. The average molecular weight is 442 g/mol. The summed E-state index contributed by atoms with van der Waals surface area (Å²) in [5.74, 6) is -0.938. The summed E-state index contributed by atoms with van der Waals surface area (Å²) >= 11 is 0. The highest BCUT2D eigenvalue weighted by molar-refractivity contribution is 6.51. The molecule has 1 amide bonds. The predicted molar refractivity (Wildman–Crippen MR) is 130 cm³/mol. The van der Waals surface area contributed by atoms with Crippen LogP contribution in [0.5, 0.6) is 5.75 Å². The number of ether oxygens (including phenoxy) is 1. The molecule has 5 nitrogen and oxygen atoms in total. The van der Waals surface area contributed by atoms with E-state index in [4.69, 9.17) is 4.74 Å². The van der Waals surface area contributed by atoms with Crippen LogP contribution in [0.2, 0.25) is 0 Å². The van der Waals surface area contributed by atoms with E-state index in [9.17, 15) is 14.7 Å². The third kappa shape index (κ3) is 3.91. The van der Waals surface area contributed by atoms with Crippen molar-refractivity contribution in [1.82, 2.24) is 0 Å². The molecule has 33 heavy (non-hydrogen) atoms. The van der Waals surface area contributed by atoms with Crippen molar-refractivity contribution in [2.75, 3.05) is 12.0 Å². The molecule has 1 saturated heterocycles. The average Bonchev–Trinajstić information content (AvgIpc) is 3.07. The Morgan fingerprint density at radius 2 is 1.55 bits per heavy atom. The summed E-state index contributed by atoms with van der Waals surface area (Å²) in [6, 6.07) is 17.9. The molecule has 0 aromatic heterocycles. The molecule has 1 aliphatic rings. The Kier molecular flexibility index (Phi) is 5.81. The van der Waals surface area contributed by atoms with Gasteiger partial charge in [-0.1, -0.05) is 42.0 Å². The van der Waals surface area contributed by atoms with Crippen LogP contribution in [-0.2, 0) is 9.59 Å². The number of aliphatic hydroxyl groups is 1. The van der Waals surface area contributed by atoms with Gasteiger partial charge in [0.2, 0.25) is 0 Å². The fourth-order valence-electron chi connectivity index (χ4n) is 4.32. The van der Waals surface area contributed by atoms with E-state index in [1.54, 1.807) is 19.2 Å². The number of aryl methyl sites for hydroxylation is 4. The van der Waals surface area contributed by atoms with Gasteiger partial charge in [-0.25, -0.2) is 0 Å². The lowest BCUT2D eigenvalue weighted by atomic mass is 9.93. The maximum Gasteiger partial charge on any atom is 0.300 e. The first-order valence-electron chi connectivity index (χ1n) is 10.8. The number of benzene rings is 3. The number of ketones is 1. The molecular formula is C28H27NO4. The molecule has 0 spiro atoms. The molecule has 0 aliphatic carbocycles. The van der Waals surface area contributed by atoms with Gasteiger partial charge < -0.3 is 9.84 Å². The highest BCUT2D eigenvalue weighted by atomic mass is 16.5. The van der Waals surface area contributed by atoms with Gasteiger partial charge in [0.05, 0.1) is 18.7 Å². The fourth-order valence-corrected chi connectivity index (χ4v) is 4.32. The van der Waals surface area contributed by atoms with E-state index >= 15 is 0 Å². The summed E-state index contributed by atoms with van der Waals surface area (Å²) < 4.78 is 5.40. The van der Waals surface area contributed by atoms with E-state index in [0.29, 0.717) is 22.6 Å². The second-order valence-corrected chi connectivity index (χ2v) is 8.55. The van der Waals surface area contributed by atoms with Crippen LogP contribution in [0.1, 0.15) is 39.4 Å². The van der Waals surface area contributed by atoms with Crippen molar-refractivity contribution in [3.8, 4) is 5.75 Å². The molecule has 0 saturated carbocycles. The minimum absolute atomic E-state index is 0.0721. The lowest BCUT2D eigenvalue weighted by molar-refractivity contribution is -0.132. The highest BCUT2D eigenvalue weighted by Gasteiger charge is 2.47. The summed E-state index contributed by atoms with van der Waals surface area (Å²) in [5.41, 5.74) is 5.54. The largest absolute Gasteiger partial charge is 0.507 e. The molecule has 1 unspecified atom stereocenters. The Morgan fingerprint density at radius 1 is 0.879 bits per heavy atom. The molecule has 168 valence electrons. The van der Waals surface area contributed by atoms with Gasteiger partial charge in [-0.05, 0) is 74.2 Å². The number of hydrogen-bond donors (Lipinski definition) is 1. The Hall–Kier alpha value is -3.86. The van der Waals surface area contributed by atoms with E-state index in [2.05, 4.69) is 0 Å². The minimum Gasteiger partial charge on any atom is -0.507 e. The predicted octanol–water partition coefficient (Wildman–Crippen LogP) is 5.56. The van der Waals surface area contributed by atoms with Crippen molar-refractivity contribution in [3.63, 3.8) is 0 Å². The van der Waals surface area contributed by atoms with Crippen molar-refractivity contribution in [1.29, 1.82) is 0 Å². The molecule has 1 heterocycles. The highest BCUT2D eigenvalue weighted by Crippen LogP contribution is 2.44. The number of nitrogens with zero attached hydrogens (tertiary/aromatic N) is 1. The maximum absolute atomic E-state index is 13.4. The molecule has 3 aromatic rings. The van der Waals surface area contributed by atoms with Crippen LogP contribution in [0.25, 0.3) is 5.76 Å². The summed E-state index contributed by atoms with van der Waals surface area (Å²) in [5, 5.41) is 11.4. The number of methoxy groups -OCH3 is 1. The van der Waals surface area contributed by atoms with E-state index < -0.39 is 17.7 Å². The molecule has 3 aromatic carbocycles. The number of rotatable bonds is 4. The molecule has 0 radical (unpaired) electrons. The monoisotopic (exact) mass is 441 g/mol. The van der Waals surface area contributed by atoms with Crippen molar-refractivity contribution in [2.24, 2.45) is 0 Å². The Labute approximate surface area is 193 Å². The molecule has 5 heteroatoms. The smallest absolute Gasteiger partial charge is 0.300 e. The van der Waals surface area contributed by atoms with Crippen molar-refractivity contribution >= 4 is 23.1 Å². The number of hydrogen-bond acceptors (Lipinski definition) is 4. The van der Waals surface area contributed by atoms with Gasteiger partial charge in [-0.15, -0.1) is 0 Å². The lowest BCUT2D eigenvalue weighted by Gasteiger charge is -2.27. The van der Waals surface area contributed by atoms with Gasteiger partial charge in [0.1, 0.15) is 11.5 Å². The maximum atomic E-state index is 13.4. The summed E-state index contributed by atoms with van der Waals surface area (Å²) in [4.78, 5) is 28.3. The topological polar surface area (TPSA) is 66.8 Å². The van der Waals surface area contributed by atoms with Gasteiger partial charge in [0, 0.05) is 11.3 Å². The van der Waals surface area contributed by atoms with Gasteiger partial charge in [-0.2, -0.15) is 0 Å². The van der Waals surface area contributed by atoms with Crippen LogP contribution in [0.3, 0.4) is 0 Å². The number of Topliss-reactive ketones (excluding diaryl/α,β-unsaturated/α-hetero) is 1. The molecule has 1 fully saturated rings. The Bertz CT molecular complexity index is 1300. The van der Waals surface area contributed by atoms with Crippen LogP contribution < -0.4 is 9.64 Å². The Balaban J connectivity index is 2.03. The third-order valence-electron chi connectivity index (χ3n) is 6.13. The van der Waals surface area contributed by atoms with E-state index in [-0.39, 0.29) is 11.3 Å². The van der Waals surface area contributed by atoms with Gasteiger partial charge in [0.25, 0.3) is 11.7 Å². The van der Waals surface area contributed by atoms with Gasteiger partial charge in [0.15, 0.2) is 0 Å². The lowest BCUT2D eigenvalue weighted by Crippen LogP contribution is -2.30. The quantitative estimate of drug-likeness (QED) is 0.327. The summed E-state index contributed by atoms with van der Waals surface area (Å²) in [6.45, 7) is 7.64. The second-order valence-electron chi connectivity index (χ2n) is 8.55. The first kappa shape index (κ1) is 22.3. The number of amides is 1. The second kappa shape index (κ2) is 8.58. The van der Waals surface area contributed by atoms with Gasteiger partial charge >= 0.3 is 0 Å². The molecule has 0 bridgehead atoms. The normalized spacial score (nSPS) is 17.5. The summed E-state index contributed by atoms with van der Waals surface area (Å²) in [7, 11) is 1.57. The van der Waals surface area contributed by atoms with Crippen LogP contribution >= 0.6 is 0 Å². The first-order valence-corrected chi connectivity index (χ1v) is 10.8. The number of carbonyl (C=O) groups is 2. The van der Waals surface area contributed by atoms with Crippen LogP contribution in [0.15, 0.2) is 66.2 Å². The van der Waals surface area contributed by atoms with Crippen molar-refractivity contribution < 1.29 is 19.4 Å². The number of anilines is 1. The van der Waals surface area contributed by atoms with Crippen molar-refractivity contribution in [2.45, 2.75) is 33.7 Å². The van der Waals surface area contributed by atoms with Crippen LogP contribution in [-0.4, -0.2) is 23.9 Å². The third-order valence-corrected chi connectivity index (χ3v) is 6.13. The van der Waals surface area contributed by atoms with Crippen LogP contribution in [0, 0.1) is 27.7 Å². The van der Waals surface area contributed by atoms with Gasteiger partial charge in [-0.3, -0.25) is 14.5 Å². The van der Waals surface area contributed by atoms with Crippen molar-refractivity contribution in [3.05, 3.63) is 99.6 Å². The minimum atomic E-state index is -0.791. The molecular weight excluding hydrogens is 414 g/mol. The Morgan fingerprint density at radius 3 is 2.24 bits per heavy atom. The van der Waals surface area contributed by atoms with Crippen LogP contribution in [0.4, 0.5) is 5.69 Å². The zero-order valence-corrected chi connectivity index (χ0v) is 19.5.